The summed E-state index contributed by atoms with van der Waals surface area (Å²) in [6.07, 6.45) is 1.10. The van der Waals surface area contributed by atoms with Crippen LogP contribution in [0.25, 0.3) is 10.9 Å². The minimum atomic E-state index is -0.875. The lowest BCUT2D eigenvalue weighted by molar-refractivity contribution is 0.0520. The number of nitrogens with zero attached hydrogens (tertiary/aromatic N) is 1. The fraction of sp³-hybridized carbons (Fsp3) is 0.389. The maximum absolute atomic E-state index is 12.4. The van der Waals surface area contributed by atoms with E-state index in [1.807, 2.05) is 6.92 Å². The number of aromatic nitrogens is 1. The highest BCUT2D eigenvalue weighted by Crippen LogP contribution is 2.29. The topological polar surface area (TPSA) is 85.6 Å². The van der Waals surface area contributed by atoms with Gasteiger partial charge in [0.15, 0.2) is 11.3 Å². The molecular formula is C18H21NO5. The Bertz CT molecular complexity index is 879. The van der Waals surface area contributed by atoms with E-state index in [0.717, 1.165) is 5.56 Å². The Hall–Kier alpha value is -2.63. The van der Waals surface area contributed by atoms with Gasteiger partial charge in [0.2, 0.25) is 0 Å². The molecule has 128 valence electrons. The zero-order valence-corrected chi connectivity index (χ0v) is 14.3. The normalized spacial score (nSPS) is 10.8. The van der Waals surface area contributed by atoms with Crippen LogP contribution in [0, 0.1) is 6.92 Å². The third-order valence-electron chi connectivity index (χ3n) is 3.97. The molecule has 1 aromatic carbocycles. The Labute approximate surface area is 139 Å². The van der Waals surface area contributed by atoms with Crippen molar-refractivity contribution in [2.75, 3.05) is 6.61 Å². The van der Waals surface area contributed by atoms with E-state index in [9.17, 15) is 19.5 Å². The molecule has 0 radical (unpaired) electrons. The van der Waals surface area contributed by atoms with E-state index in [1.165, 1.54) is 11.6 Å². The smallest absolute Gasteiger partial charge is 0.347 e. The van der Waals surface area contributed by atoms with Gasteiger partial charge in [0.1, 0.15) is 5.75 Å². The summed E-state index contributed by atoms with van der Waals surface area (Å²) in [6, 6.07) is 3.22. The third kappa shape index (κ3) is 2.91. The molecule has 6 nitrogen and oxygen atoms in total. The van der Waals surface area contributed by atoms with Gasteiger partial charge < -0.3 is 14.4 Å². The van der Waals surface area contributed by atoms with Crippen molar-refractivity contribution in [1.29, 1.82) is 0 Å². The summed E-state index contributed by atoms with van der Waals surface area (Å²) in [7, 11) is 1.51. The van der Waals surface area contributed by atoms with Crippen molar-refractivity contribution in [2.24, 2.45) is 7.05 Å². The van der Waals surface area contributed by atoms with Crippen LogP contribution in [-0.4, -0.2) is 28.0 Å². The number of benzene rings is 1. The predicted octanol–water partition coefficient (Wildman–Crippen LogP) is 2.71. The summed E-state index contributed by atoms with van der Waals surface area (Å²) in [5.41, 5.74) is 0.610. The van der Waals surface area contributed by atoms with Gasteiger partial charge in [-0.05, 0) is 38.0 Å². The molecule has 0 amide bonds. The summed E-state index contributed by atoms with van der Waals surface area (Å²) in [5.74, 6) is -1.36. The number of fused-ring (bicyclic) bond motifs is 1. The lowest BCUT2D eigenvalue weighted by atomic mass is 9.97. The van der Waals surface area contributed by atoms with E-state index in [2.05, 4.69) is 0 Å². The molecule has 0 saturated heterocycles. The molecule has 0 aliphatic carbocycles. The first-order valence-corrected chi connectivity index (χ1v) is 7.90. The Balaban J connectivity index is 2.82. The van der Waals surface area contributed by atoms with Gasteiger partial charge in [-0.3, -0.25) is 9.59 Å². The van der Waals surface area contributed by atoms with Gasteiger partial charge in [0.25, 0.3) is 5.56 Å². The second-order valence-electron chi connectivity index (χ2n) is 5.67. The van der Waals surface area contributed by atoms with Crippen LogP contribution in [0.5, 0.6) is 5.75 Å². The second-order valence-corrected chi connectivity index (χ2v) is 5.67. The summed E-state index contributed by atoms with van der Waals surface area (Å²) >= 11 is 0. The number of pyridine rings is 1. The lowest BCUT2D eigenvalue weighted by Crippen LogP contribution is -2.26. The van der Waals surface area contributed by atoms with Crippen LogP contribution in [0.1, 0.15) is 53.0 Å². The number of hydrogen-bond donors (Lipinski definition) is 1. The number of ketones is 1. The highest BCUT2D eigenvalue weighted by molar-refractivity contribution is 6.04. The molecule has 1 N–H and O–H groups in total. The number of rotatable bonds is 5. The van der Waals surface area contributed by atoms with E-state index in [1.54, 1.807) is 26.0 Å². The van der Waals surface area contributed by atoms with Gasteiger partial charge in [-0.15, -0.1) is 0 Å². The number of esters is 1. The average molecular weight is 331 g/mol. The zero-order chi connectivity index (χ0) is 18.0. The first-order valence-electron chi connectivity index (χ1n) is 7.90. The Kier molecular flexibility index (Phi) is 5.07. The van der Waals surface area contributed by atoms with Crippen molar-refractivity contribution >= 4 is 22.7 Å². The zero-order valence-electron chi connectivity index (χ0n) is 14.3. The van der Waals surface area contributed by atoms with E-state index in [0.29, 0.717) is 23.9 Å². The van der Waals surface area contributed by atoms with Crippen LogP contribution in [0.2, 0.25) is 0 Å². The molecule has 0 spiro atoms. The number of hydrogen-bond acceptors (Lipinski definition) is 5. The molecular weight excluding hydrogens is 310 g/mol. The summed E-state index contributed by atoms with van der Waals surface area (Å²) in [5, 5.41) is 10.7. The van der Waals surface area contributed by atoms with Crippen LogP contribution in [0.4, 0.5) is 0 Å². The number of aryl methyl sites for hydroxylation is 2. The van der Waals surface area contributed by atoms with Crippen molar-refractivity contribution < 1.29 is 19.4 Å². The molecule has 0 fully saturated rings. The summed E-state index contributed by atoms with van der Waals surface area (Å²) < 4.78 is 6.13. The van der Waals surface area contributed by atoms with Crippen molar-refractivity contribution in [2.45, 2.75) is 33.6 Å². The van der Waals surface area contributed by atoms with Crippen LogP contribution < -0.4 is 5.56 Å². The third-order valence-corrected chi connectivity index (χ3v) is 3.97. The molecule has 0 unspecified atom stereocenters. The number of carbonyl (C=O) groups is 2. The van der Waals surface area contributed by atoms with Gasteiger partial charge in [0, 0.05) is 24.4 Å². The SMILES string of the molecule is CCCC(=O)c1cc2c(O)c(C(=O)OCC)c(=O)n(C)c2cc1C. The lowest BCUT2D eigenvalue weighted by Gasteiger charge is -2.14. The summed E-state index contributed by atoms with van der Waals surface area (Å²) in [4.78, 5) is 36.6. The molecule has 0 aliphatic heterocycles. The molecule has 0 saturated carbocycles. The van der Waals surface area contributed by atoms with Crippen LogP contribution in [0.15, 0.2) is 16.9 Å². The number of aromatic hydroxyl groups is 1. The minimum absolute atomic E-state index is 0.0390. The van der Waals surface area contributed by atoms with Gasteiger partial charge in [-0.2, -0.15) is 0 Å². The molecule has 0 bridgehead atoms. The summed E-state index contributed by atoms with van der Waals surface area (Å²) in [6.45, 7) is 5.40. The molecule has 1 aromatic heterocycles. The minimum Gasteiger partial charge on any atom is -0.506 e. The fourth-order valence-corrected chi connectivity index (χ4v) is 2.72. The average Bonchev–Trinajstić information content (AvgIpc) is 2.53. The molecule has 0 aliphatic rings. The van der Waals surface area contributed by atoms with Gasteiger partial charge in [-0.1, -0.05) is 6.92 Å². The number of ether oxygens (including phenoxy) is 1. The fourth-order valence-electron chi connectivity index (χ4n) is 2.72. The molecule has 0 atom stereocenters. The monoisotopic (exact) mass is 331 g/mol. The van der Waals surface area contributed by atoms with E-state index < -0.39 is 22.8 Å². The Morgan fingerprint density at radius 2 is 1.92 bits per heavy atom. The van der Waals surface area contributed by atoms with E-state index in [-0.39, 0.29) is 17.8 Å². The quantitative estimate of drug-likeness (QED) is 0.672. The highest BCUT2D eigenvalue weighted by atomic mass is 16.5. The van der Waals surface area contributed by atoms with Crippen molar-refractivity contribution in [3.05, 3.63) is 39.2 Å². The van der Waals surface area contributed by atoms with Crippen LogP contribution in [-0.2, 0) is 11.8 Å². The number of carbonyl (C=O) groups excluding carboxylic acids is 2. The standard InChI is InChI=1S/C18H21NO5/c1-5-7-14(20)11-9-12-13(8-10(11)3)19(4)17(22)15(16(12)21)18(23)24-6-2/h8-9,21H,5-7H2,1-4H3. The predicted molar refractivity (Wildman–Crippen MR) is 90.8 cm³/mol. The Morgan fingerprint density at radius 1 is 1.25 bits per heavy atom. The molecule has 24 heavy (non-hydrogen) atoms. The maximum Gasteiger partial charge on any atom is 0.347 e. The van der Waals surface area contributed by atoms with Crippen LogP contribution in [0.3, 0.4) is 0 Å². The largest absolute Gasteiger partial charge is 0.506 e. The van der Waals surface area contributed by atoms with E-state index >= 15 is 0 Å². The highest BCUT2D eigenvalue weighted by Gasteiger charge is 2.23. The second kappa shape index (κ2) is 6.86. The molecule has 2 aromatic rings. The van der Waals surface area contributed by atoms with E-state index in [4.69, 9.17) is 4.74 Å². The maximum atomic E-state index is 12.4. The van der Waals surface area contributed by atoms with Crippen molar-refractivity contribution in [3.63, 3.8) is 0 Å². The molecule has 2 rings (SSSR count). The van der Waals surface area contributed by atoms with Crippen LogP contribution >= 0.6 is 0 Å². The first kappa shape index (κ1) is 17.7. The van der Waals surface area contributed by atoms with Gasteiger partial charge in [-0.25, -0.2) is 4.79 Å². The van der Waals surface area contributed by atoms with Crippen molar-refractivity contribution in [3.8, 4) is 5.75 Å². The van der Waals surface area contributed by atoms with Crippen molar-refractivity contribution in [1.82, 2.24) is 4.57 Å². The van der Waals surface area contributed by atoms with Gasteiger partial charge >= 0.3 is 5.97 Å². The molecule has 1 heterocycles. The Morgan fingerprint density at radius 3 is 2.50 bits per heavy atom. The molecule has 6 heteroatoms. The van der Waals surface area contributed by atoms with Gasteiger partial charge in [0.05, 0.1) is 12.1 Å². The first-order chi connectivity index (χ1) is 11.3. The number of Topliss-reactive ketones (excluding diaryl/α,β-unsaturated/α-hetero) is 1.